The maximum absolute atomic E-state index is 5.43. The molecule has 0 N–H and O–H groups in total. The van der Waals surface area contributed by atoms with Crippen molar-refractivity contribution in [3.63, 3.8) is 0 Å². The Morgan fingerprint density at radius 3 is 2.08 bits per heavy atom. The lowest BCUT2D eigenvalue weighted by atomic mass is 10.0. The van der Waals surface area contributed by atoms with E-state index < -0.39 is 0 Å². The molecule has 0 amide bonds. The third kappa shape index (κ3) is 4.81. The van der Waals surface area contributed by atoms with Gasteiger partial charge in [0.15, 0.2) is 0 Å². The van der Waals surface area contributed by atoms with Crippen LogP contribution in [0, 0.1) is 13.8 Å². The van der Waals surface area contributed by atoms with Crippen LogP contribution in [0.4, 0.5) is 0 Å². The van der Waals surface area contributed by atoms with Gasteiger partial charge >= 0.3 is 0 Å². The van der Waals surface area contributed by atoms with Gasteiger partial charge in [0.2, 0.25) is 0 Å². The van der Waals surface area contributed by atoms with E-state index in [-0.39, 0.29) is 0 Å². The zero-order chi connectivity index (χ0) is 18.5. The molecule has 1 aliphatic heterocycles. The number of hydrogen-bond acceptors (Lipinski definition) is 4. The van der Waals surface area contributed by atoms with Gasteiger partial charge in [-0.25, -0.2) is 0 Å². The zero-order valence-electron chi connectivity index (χ0n) is 16.4. The Morgan fingerprint density at radius 2 is 1.50 bits per heavy atom. The largest absolute Gasteiger partial charge is 0.496 e. The van der Waals surface area contributed by atoms with Crippen molar-refractivity contribution in [1.29, 1.82) is 0 Å². The van der Waals surface area contributed by atoms with Crippen LogP contribution in [0.2, 0.25) is 0 Å². The summed E-state index contributed by atoms with van der Waals surface area (Å²) in [6.07, 6.45) is 2.13. The first-order chi connectivity index (χ1) is 12.6. The fraction of sp³-hybridized carbons (Fsp3) is 0.455. The van der Waals surface area contributed by atoms with Gasteiger partial charge < -0.3 is 4.74 Å². The van der Waals surface area contributed by atoms with Crippen LogP contribution in [0.1, 0.15) is 22.3 Å². The third-order valence-electron chi connectivity index (χ3n) is 5.28. The molecule has 0 bridgehead atoms. The van der Waals surface area contributed by atoms with Gasteiger partial charge in [0.25, 0.3) is 0 Å². The summed E-state index contributed by atoms with van der Waals surface area (Å²) in [6, 6.07) is 13.4. The van der Waals surface area contributed by atoms with Crippen LogP contribution in [0.3, 0.4) is 0 Å². The van der Waals surface area contributed by atoms with Crippen LogP contribution < -0.4 is 4.74 Å². The molecule has 0 saturated carbocycles. The second-order valence-electron chi connectivity index (χ2n) is 7.15. The van der Waals surface area contributed by atoms with Crippen LogP contribution in [0.25, 0.3) is 0 Å². The van der Waals surface area contributed by atoms with Gasteiger partial charge in [-0.3, -0.25) is 9.80 Å². The number of ether oxygens (including phenoxy) is 1. The molecule has 1 saturated heterocycles. The van der Waals surface area contributed by atoms with Crippen LogP contribution in [0.5, 0.6) is 5.75 Å². The van der Waals surface area contributed by atoms with Crippen LogP contribution >= 0.6 is 11.8 Å². The summed E-state index contributed by atoms with van der Waals surface area (Å²) >= 11 is 1.80. The van der Waals surface area contributed by atoms with Crippen molar-refractivity contribution >= 4 is 11.8 Å². The molecule has 0 spiro atoms. The molecule has 3 nitrogen and oxygen atoms in total. The Kier molecular flexibility index (Phi) is 6.63. The topological polar surface area (TPSA) is 15.7 Å². The van der Waals surface area contributed by atoms with Crippen molar-refractivity contribution < 1.29 is 4.74 Å². The van der Waals surface area contributed by atoms with Crippen molar-refractivity contribution in [2.75, 3.05) is 39.5 Å². The molecule has 2 aromatic rings. The maximum atomic E-state index is 5.43. The highest BCUT2D eigenvalue weighted by atomic mass is 32.2. The third-order valence-corrected chi connectivity index (χ3v) is 6.02. The zero-order valence-corrected chi connectivity index (χ0v) is 17.2. The molecule has 3 rings (SSSR count). The molecule has 4 heteroatoms. The number of hydrogen-bond donors (Lipinski definition) is 0. The summed E-state index contributed by atoms with van der Waals surface area (Å²) in [5.41, 5.74) is 5.38. The van der Waals surface area contributed by atoms with Gasteiger partial charge in [0, 0.05) is 44.2 Å². The van der Waals surface area contributed by atoms with E-state index in [1.165, 1.54) is 27.1 Å². The molecule has 1 aliphatic rings. The molecular weight excluding hydrogens is 340 g/mol. The highest BCUT2D eigenvalue weighted by Crippen LogP contribution is 2.24. The smallest absolute Gasteiger partial charge is 0.122 e. The molecule has 26 heavy (non-hydrogen) atoms. The first-order valence-electron chi connectivity index (χ1n) is 9.31. The molecule has 0 aromatic heterocycles. The SMILES string of the molecule is COc1cc(C)c(CN2CCN(Cc3ccc(SC)cc3)CC2)cc1C. The van der Waals surface area contributed by atoms with E-state index in [4.69, 9.17) is 4.74 Å². The molecule has 1 fully saturated rings. The summed E-state index contributed by atoms with van der Waals surface area (Å²) in [6.45, 7) is 10.9. The summed E-state index contributed by atoms with van der Waals surface area (Å²) in [5.74, 6) is 0.989. The van der Waals surface area contributed by atoms with Gasteiger partial charge in [-0.05, 0) is 60.6 Å². The van der Waals surface area contributed by atoms with E-state index in [1.54, 1.807) is 18.9 Å². The Bertz CT molecular complexity index is 722. The Morgan fingerprint density at radius 1 is 0.885 bits per heavy atom. The number of rotatable bonds is 6. The maximum Gasteiger partial charge on any atom is 0.122 e. The van der Waals surface area contributed by atoms with E-state index in [1.807, 2.05) is 0 Å². The Balaban J connectivity index is 1.53. The predicted molar refractivity (Wildman–Crippen MR) is 111 cm³/mol. The average molecular weight is 371 g/mol. The minimum atomic E-state index is 0.989. The monoisotopic (exact) mass is 370 g/mol. The van der Waals surface area contributed by atoms with Gasteiger partial charge in [-0.2, -0.15) is 0 Å². The van der Waals surface area contributed by atoms with Gasteiger partial charge in [0.1, 0.15) is 5.75 Å². The number of benzene rings is 2. The first-order valence-corrected chi connectivity index (χ1v) is 10.5. The van der Waals surface area contributed by atoms with Gasteiger partial charge in [-0.15, -0.1) is 11.8 Å². The van der Waals surface area contributed by atoms with E-state index in [2.05, 4.69) is 66.3 Å². The predicted octanol–water partition coefficient (Wildman–Crippen LogP) is 4.35. The second-order valence-corrected chi connectivity index (χ2v) is 8.03. The van der Waals surface area contributed by atoms with Crippen molar-refractivity contribution in [2.45, 2.75) is 31.8 Å². The molecule has 140 valence electrons. The standard InChI is InChI=1S/C22H30N2OS/c1-17-14-22(25-3)18(2)13-20(17)16-24-11-9-23(10-12-24)15-19-5-7-21(26-4)8-6-19/h5-8,13-14H,9-12,15-16H2,1-4H3. The molecule has 0 aliphatic carbocycles. The van der Waals surface area contributed by atoms with E-state index >= 15 is 0 Å². The summed E-state index contributed by atoms with van der Waals surface area (Å²) in [5, 5.41) is 0. The summed E-state index contributed by atoms with van der Waals surface area (Å²) in [4.78, 5) is 6.47. The quantitative estimate of drug-likeness (QED) is 0.702. The molecule has 2 aromatic carbocycles. The fourth-order valence-electron chi connectivity index (χ4n) is 3.58. The van der Waals surface area contributed by atoms with E-state index in [0.717, 1.165) is 45.0 Å². The normalized spacial score (nSPS) is 16.0. The molecule has 0 atom stereocenters. The highest BCUT2D eigenvalue weighted by Gasteiger charge is 2.18. The molecule has 0 unspecified atom stereocenters. The van der Waals surface area contributed by atoms with Crippen LogP contribution in [-0.4, -0.2) is 49.3 Å². The summed E-state index contributed by atoms with van der Waals surface area (Å²) < 4.78 is 5.43. The van der Waals surface area contributed by atoms with Gasteiger partial charge in [0.05, 0.1) is 7.11 Å². The number of piperazine rings is 1. The lowest BCUT2D eigenvalue weighted by Gasteiger charge is -2.35. The molecule has 0 radical (unpaired) electrons. The first kappa shape index (κ1) is 19.3. The number of methoxy groups -OCH3 is 1. The Labute approximate surface area is 162 Å². The Hall–Kier alpha value is -1.49. The number of nitrogens with zero attached hydrogens (tertiary/aromatic N) is 2. The van der Waals surface area contributed by atoms with Crippen LogP contribution in [-0.2, 0) is 13.1 Å². The van der Waals surface area contributed by atoms with E-state index in [9.17, 15) is 0 Å². The van der Waals surface area contributed by atoms with Crippen molar-refractivity contribution in [3.8, 4) is 5.75 Å². The second kappa shape index (κ2) is 8.94. The average Bonchev–Trinajstić information content (AvgIpc) is 2.66. The molecule has 1 heterocycles. The van der Waals surface area contributed by atoms with Gasteiger partial charge in [-0.1, -0.05) is 18.2 Å². The van der Waals surface area contributed by atoms with Crippen LogP contribution in [0.15, 0.2) is 41.3 Å². The van der Waals surface area contributed by atoms with Crippen molar-refractivity contribution in [1.82, 2.24) is 9.80 Å². The lowest BCUT2D eigenvalue weighted by molar-refractivity contribution is 0.122. The minimum absolute atomic E-state index is 0.989. The van der Waals surface area contributed by atoms with Crippen molar-refractivity contribution in [2.24, 2.45) is 0 Å². The van der Waals surface area contributed by atoms with E-state index in [0.29, 0.717) is 0 Å². The minimum Gasteiger partial charge on any atom is -0.496 e. The fourth-order valence-corrected chi connectivity index (χ4v) is 3.98. The number of thioether (sulfide) groups is 1. The van der Waals surface area contributed by atoms with Crippen molar-refractivity contribution in [3.05, 3.63) is 58.7 Å². The lowest BCUT2D eigenvalue weighted by Crippen LogP contribution is -2.45. The summed E-state index contributed by atoms with van der Waals surface area (Å²) in [7, 11) is 1.75. The highest BCUT2D eigenvalue weighted by molar-refractivity contribution is 7.98. The number of aryl methyl sites for hydroxylation is 2. The molecular formula is C22H30N2OS.